The van der Waals surface area contributed by atoms with Crippen LogP contribution in [0.15, 0.2) is 6.07 Å². The lowest BCUT2D eigenvalue weighted by atomic mass is 10.3. The van der Waals surface area contributed by atoms with E-state index in [1.165, 1.54) is 0 Å². The summed E-state index contributed by atoms with van der Waals surface area (Å²) in [5.41, 5.74) is 1.67. The molecule has 0 bridgehead atoms. The van der Waals surface area contributed by atoms with Crippen molar-refractivity contribution in [3.8, 4) is 11.8 Å². The number of rotatable bonds is 3. The lowest BCUT2D eigenvalue weighted by Crippen LogP contribution is -2.00. The molecule has 1 saturated carbocycles. The molecular formula is C12H13ClN4O. The quantitative estimate of drug-likeness (QED) is 0.865. The van der Waals surface area contributed by atoms with E-state index in [1.807, 2.05) is 19.9 Å². The van der Waals surface area contributed by atoms with Crippen LogP contribution < -0.4 is 4.74 Å². The van der Waals surface area contributed by atoms with Gasteiger partial charge in [0.2, 0.25) is 11.8 Å². The van der Waals surface area contributed by atoms with Gasteiger partial charge in [0.1, 0.15) is 11.0 Å². The molecule has 2 aromatic heterocycles. The van der Waals surface area contributed by atoms with Crippen molar-refractivity contribution in [1.29, 1.82) is 0 Å². The number of nitrogens with zero attached hydrogens (tertiary/aromatic N) is 3. The van der Waals surface area contributed by atoms with Crippen molar-refractivity contribution in [2.75, 3.05) is 0 Å². The molecule has 0 aromatic carbocycles. The molecule has 0 amide bonds. The number of aromatic nitrogens is 4. The Morgan fingerprint density at radius 1 is 1.33 bits per heavy atom. The molecule has 0 aliphatic heterocycles. The fourth-order valence-corrected chi connectivity index (χ4v) is 1.82. The summed E-state index contributed by atoms with van der Waals surface area (Å²) < 4.78 is 5.65. The molecule has 1 fully saturated rings. The van der Waals surface area contributed by atoms with Gasteiger partial charge >= 0.3 is 0 Å². The number of hydrogen-bond acceptors (Lipinski definition) is 4. The molecular weight excluding hydrogens is 252 g/mol. The molecule has 94 valence electrons. The second-order valence-electron chi connectivity index (χ2n) is 4.57. The second kappa shape index (κ2) is 4.24. The highest BCUT2D eigenvalue weighted by molar-refractivity contribution is 6.30. The number of aromatic amines is 1. The average molecular weight is 265 g/mol. The van der Waals surface area contributed by atoms with E-state index in [2.05, 4.69) is 20.2 Å². The van der Waals surface area contributed by atoms with Gasteiger partial charge in [0.05, 0.1) is 0 Å². The van der Waals surface area contributed by atoms with Gasteiger partial charge < -0.3 is 4.74 Å². The molecule has 1 aliphatic carbocycles. The average Bonchev–Trinajstić information content (AvgIpc) is 3.10. The number of aryl methyl sites for hydroxylation is 1. The van der Waals surface area contributed by atoms with Gasteiger partial charge in [-0.1, -0.05) is 11.6 Å². The van der Waals surface area contributed by atoms with E-state index in [-0.39, 0.29) is 0 Å². The highest BCUT2D eigenvalue weighted by Gasteiger charge is 2.28. The van der Waals surface area contributed by atoms with Crippen LogP contribution in [0.5, 0.6) is 11.8 Å². The Kier molecular flexibility index (Phi) is 2.70. The predicted molar refractivity (Wildman–Crippen MR) is 67.2 cm³/mol. The van der Waals surface area contributed by atoms with E-state index in [0.717, 1.165) is 29.9 Å². The Bertz CT molecular complexity index is 592. The molecule has 2 aromatic rings. The summed E-state index contributed by atoms with van der Waals surface area (Å²) in [5, 5.41) is 7.30. The van der Waals surface area contributed by atoms with Crippen LogP contribution in [0, 0.1) is 13.8 Å². The summed E-state index contributed by atoms with van der Waals surface area (Å²) in [6, 6.07) is 1.81. The first-order valence-corrected chi connectivity index (χ1v) is 6.25. The standard InChI is InChI=1S/C12H13ClN4O/c1-6-5-9(17-16-6)18-12-7(2)10(13)14-11(15-12)8-3-4-8/h5,8H,3-4H2,1-2H3,(H,16,17). The van der Waals surface area contributed by atoms with Crippen LogP contribution >= 0.6 is 11.6 Å². The first-order valence-electron chi connectivity index (χ1n) is 5.87. The van der Waals surface area contributed by atoms with Crippen molar-refractivity contribution >= 4 is 11.6 Å². The number of nitrogens with one attached hydrogen (secondary N) is 1. The van der Waals surface area contributed by atoms with Gasteiger partial charge in [-0.15, -0.1) is 5.10 Å². The van der Waals surface area contributed by atoms with Crippen LogP contribution in [-0.2, 0) is 0 Å². The zero-order valence-corrected chi connectivity index (χ0v) is 11.0. The second-order valence-corrected chi connectivity index (χ2v) is 4.93. The Balaban J connectivity index is 1.94. The Labute approximate surface area is 110 Å². The van der Waals surface area contributed by atoms with Gasteiger partial charge in [-0.25, -0.2) is 4.98 Å². The third kappa shape index (κ3) is 2.18. The predicted octanol–water partition coefficient (Wildman–Crippen LogP) is 3.14. The smallest absolute Gasteiger partial charge is 0.240 e. The van der Waals surface area contributed by atoms with Crippen molar-refractivity contribution in [1.82, 2.24) is 20.2 Å². The normalized spacial score (nSPS) is 14.8. The molecule has 18 heavy (non-hydrogen) atoms. The number of H-pyrrole nitrogens is 1. The summed E-state index contributed by atoms with van der Waals surface area (Å²) in [6.45, 7) is 3.75. The maximum absolute atomic E-state index is 6.10. The van der Waals surface area contributed by atoms with E-state index in [1.54, 1.807) is 0 Å². The third-order valence-corrected chi connectivity index (χ3v) is 3.25. The fourth-order valence-electron chi connectivity index (χ4n) is 1.65. The molecule has 2 heterocycles. The minimum atomic E-state index is 0.436. The van der Waals surface area contributed by atoms with Crippen molar-refractivity contribution in [3.63, 3.8) is 0 Å². The van der Waals surface area contributed by atoms with E-state index in [9.17, 15) is 0 Å². The van der Waals surface area contributed by atoms with Gasteiger partial charge in [0.25, 0.3) is 0 Å². The molecule has 0 spiro atoms. The minimum Gasteiger partial charge on any atom is -0.419 e. The van der Waals surface area contributed by atoms with Crippen molar-refractivity contribution in [2.45, 2.75) is 32.6 Å². The number of ether oxygens (including phenoxy) is 1. The minimum absolute atomic E-state index is 0.436. The topological polar surface area (TPSA) is 63.7 Å². The van der Waals surface area contributed by atoms with E-state index in [4.69, 9.17) is 16.3 Å². The number of halogens is 1. The molecule has 1 aliphatic rings. The SMILES string of the molecule is Cc1cc(Oc2nc(C3CC3)nc(Cl)c2C)n[nH]1. The highest BCUT2D eigenvalue weighted by atomic mass is 35.5. The van der Waals surface area contributed by atoms with Crippen molar-refractivity contribution < 1.29 is 4.74 Å². The third-order valence-electron chi connectivity index (χ3n) is 2.89. The van der Waals surface area contributed by atoms with Gasteiger partial charge in [-0.3, -0.25) is 5.10 Å². The maximum atomic E-state index is 6.10. The molecule has 5 nitrogen and oxygen atoms in total. The highest BCUT2D eigenvalue weighted by Crippen LogP contribution is 2.40. The zero-order valence-electron chi connectivity index (χ0n) is 10.2. The lowest BCUT2D eigenvalue weighted by Gasteiger charge is -2.08. The Morgan fingerprint density at radius 3 is 2.72 bits per heavy atom. The van der Waals surface area contributed by atoms with Crippen LogP contribution in [-0.4, -0.2) is 20.2 Å². The van der Waals surface area contributed by atoms with Crippen LogP contribution in [0.3, 0.4) is 0 Å². The summed E-state index contributed by atoms with van der Waals surface area (Å²) in [4.78, 5) is 8.72. The molecule has 0 atom stereocenters. The molecule has 0 radical (unpaired) electrons. The van der Waals surface area contributed by atoms with E-state index < -0.39 is 0 Å². The van der Waals surface area contributed by atoms with E-state index in [0.29, 0.717) is 22.8 Å². The molecule has 1 N–H and O–H groups in total. The van der Waals surface area contributed by atoms with Gasteiger partial charge in [-0.05, 0) is 26.7 Å². The number of hydrogen-bond donors (Lipinski definition) is 1. The molecule has 0 saturated heterocycles. The molecule has 0 unspecified atom stereocenters. The van der Waals surface area contributed by atoms with Crippen LogP contribution in [0.1, 0.15) is 35.8 Å². The summed E-state index contributed by atoms with van der Waals surface area (Å²) in [5.74, 6) is 2.19. The molecule has 3 rings (SSSR count). The summed E-state index contributed by atoms with van der Waals surface area (Å²) in [7, 11) is 0. The Morgan fingerprint density at radius 2 is 2.11 bits per heavy atom. The van der Waals surface area contributed by atoms with Crippen molar-refractivity contribution in [2.24, 2.45) is 0 Å². The summed E-state index contributed by atoms with van der Waals surface area (Å²) in [6.07, 6.45) is 2.25. The molecule has 6 heteroatoms. The van der Waals surface area contributed by atoms with Gasteiger partial charge in [0, 0.05) is 23.2 Å². The Hall–Kier alpha value is -1.62. The zero-order chi connectivity index (χ0) is 12.7. The van der Waals surface area contributed by atoms with Crippen molar-refractivity contribution in [3.05, 3.63) is 28.3 Å². The van der Waals surface area contributed by atoms with Gasteiger partial charge in [0.15, 0.2) is 0 Å². The van der Waals surface area contributed by atoms with Gasteiger partial charge in [-0.2, -0.15) is 4.98 Å². The fraction of sp³-hybridized carbons (Fsp3) is 0.417. The first kappa shape index (κ1) is 11.5. The van der Waals surface area contributed by atoms with Crippen LogP contribution in [0.2, 0.25) is 5.15 Å². The largest absolute Gasteiger partial charge is 0.419 e. The van der Waals surface area contributed by atoms with Crippen LogP contribution in [0.25, 0.3) is 0 Å². The van der Waals surface area contributed by atoms with E-state index >= 15 is 0 Å². The monoisotopic (exact) mass is 264 g/mol. The summed E-state index contributed by atoms with van der Waals surface area (Å²) >= 11 is 6.10. The first-order chi connectivity index (χ1) is 8.63. The lowest BCUT2D eigenvalue weighted by molar-refractivity contribution is 0.436. The van der Waals surface area contributed by atoms with Crippen LogP contribution in [0.4, 0.5) is 0 Å². The maximum Gasteiger partial charge on any atom is 0.240 e.